The standard InChI is InChI=1S/C11H15N3/c1-3-5-10-13-9-7-6-8(4-2)12-11(9)14-10/h6-7H,3-5H2,1-2H3,(H,12,13,14). The van der Waals surface area contributed by atoms with Gasteiger partial charge in [0.1, 0.15) is 5.82 Å². The summed E-state index contributed by atoms with van der Waals surface area (Å²) in [6.07, 6.45) is 3.07. The van der Waals surface area contributed by atoms with Gasteiger partial charge in [-0.1, -0.05) is 13.8 Å². The van der Waals surface area contributed by atoms with Crippen LogP contribution in [0.1, 0.15) is 31.8 Å². The molecule has 14 heavy (non-hydrogen) atoms. The Morgan fingerprint density at radius 2 is 2.07 bits per heavy atom. The second-order valence-corrected chi connectivity index (χ2v) is 3.46. The average molecular weight is 189 g/mol. The lowest BCUT2D eigenvalue weighted by Gasteiger charge is -1.92. The molecular weight excluding hydrogens is 174 g/mol. The smallest absolute Gasteiger partial charge is 0.177 e. The maximum atomic E-state index is 4.45. The van der Waals surface area contributed by atoms with Crippen LogP contribution in [0.25, 0.3) is 11.2 Å². The molecule has 0 fully saturated rings. The highest BCUT2D eigenvalue weighted by Gasteiger charge is 2.03. The van der Waals surface area contributed by atoms with Crippen molar-refractivity contribution in [3.63, 3.8) is 0 Å². The third kappa shape index (κ3) is 1.62. The molecule has 3 nitrogen and oxygen atoms in total. The number of H-pyrrole nitrogens is 1. The van der Waals surface area contributed by atoms with Gasteiger partial charge < -0.3 is 4.98 Å². The van der Waals surface area contributed by atoms with Crippen LogP contribution in [0.4, 0.5) is 0 Å². The SMILES string of the molecule is CCCc1nc2nc(CC)ccc2[nH]1. The summed E-state index contributed by atoms with van der Waals surface area (Å²) in [4.78, 5) is 12.2. The van der Waals surface area contributed by atoms with E-state index in [1.165, 1.54) is 0 Å². The van der Waals surface area contributed by atoms with E-state index in [1.807, 2.05) is 0 Å². The molecule has 0 aliphatic carbocycles. The van der Waals surface area contributed by atoms with E-state index >= 15 is 0 Å². The molecule has 0 aromatic carbocycles. The lowest BCUT2D eigenvalue weighted by atomic mass is 10.3. The molecule has 0 atom stereocenters. The van der Waals surface area contributed by atoms with Gasteiger partial charge in [-0.05, 0) is 25.0 Å². The Bertz CT molecular complexity index is 431. The minimum Gasteiger partial charge on any atom is -0.341 e. The van der Waals surface area contributed by atoms with Crippen molar-refractivity contribution in [2.75, 3.05) is 0 Å². The van der Waals surface area contributed by atoms with Gasteiger partial charge in [0.25, 0.3) is 0 Å². The van der Waals surface area contributed by atoms with Gasteiger partial charge in [0, 0.05) is 12.1 Å². The molecule has 2 rings (SSSR count). The van der Waals surface area contributed by atoms with Crippen molar-refractivity contribution in [2.24, 2.45) is 0 Å². The van der Waals surface area contributed by atoms with Gasteiger partial charge in [-0.25, -0.2) is 9.97 Å². The summed E-state index contributed by atoms with van der Waals surface area (Å²) in [6, 6.07) is 4.11. The largest absolute Gasteiger partial charge is 0.341 e. The minimum absolute atomic E-state index is 0.854. The molecular formula is C11H15N3. The van der Waals surface area contributed by atoms with Crippen LogP contribution in [-0.2, 0) is 12.8 Å². The highest BCUT2D eigenvalue weighted by Crippen LogP contribution is 2.11. The van der Waals surface area contributed by atoms with Crippen LogP contribution in [-0.4, -0.2) is 15.0 Å². The maximum absolute atomic E-state index is 4.45. The summed E-state index contributed by atoms with van der Waals surface area (Å²) in [6.45, 7) is 4.26. The minimum atomic E-state index is 0.854. The summed E-state index contributed by atoms with van der Waals surface area (Å²) in [7, 11) is 0. The van der Waals surface area contributed by atoms with Crippen LogP contribution >= 0.6 is 0 Å². The van der Waals surface area contributed by atoms with Gasteiger partial charge in [-0.3, -0.25) is 0 Å². The number of imidazole rings is 1. The van der Waals surface area contributed by atoms with Gasteiger partial charge in [0.15, 0.2) is 5.65 Å². The first kappa shape index (κ1) is 9.19. The number of hydrogen-bond donors (Lipinski definition) is 1. The van der Waals surface area contributed by atoms with Gasteiger partial charge in [0.05, 0.1) is 5.52 Å². The van der Waals surface area contributed by atoms with E-state index < -0.39 is 0 Å². The van der Waals surface area contributed by atoms with Crippen LogP contribution in [0.3, 0.4) is 0 Å². The number of fused-ring (bicyclic) bond motifs is 1. The number of rotatable bonds is 3. The Kier molecular flexibility index (Phi) is 2.48. The number of pyridine rings is 1. The topological polar surface area (TPSA) is 41.6 Å². The zero-order chi connectivity index (χ0) is 9.97. The average Bonchev–Trinajstić information content (AvgIpc) is 2.59. The highest BCUT2D eigenvalue weighted by atomic mass is 15.0. The fourth-order valence-electron chi connectivity index (χ4n) is 1.53. The monoisotopic (exact) mass is 189 g/mol. The number of nitrogens with zero attached hydrogens (tertiary/aromatic N) is 2. The van der Waals surface area contributed by atoms with Gasteiger partial charge >= 0.3 is 0 Å². The van der Waals surface area contributed by atoms with E-state index in [-0.39, 0.29) is 0 Å². The number of nitrogens with one attached hydrogen (secondary N) is 1. The maximum Gasteiger partial charge on any atom is 0.177 e. The molecule has 1 N–H and O–H groups in total. The normalized spacial score (nSPS) is 11.0. The lowest BCUT2D eigenvalue weighted by molar-refractivity contribution is 0.860. The van der Waals surface area contributed by atoms with Crippen molar-refractivity contribution < 1.29 is 0 Å². The number of aromatic nitrogens is 3. The Labute approximate surface area is 83.6 Å². The third-order valence-corrected chi connectivity index (χ3v) is 2.30. The second-order valence-electron chi connectivity index (χ2n) is 3.46. The van der Waals surface area contributed by atoms with Crippen molar-refractivity contribution in [3.05, 3.63) is 23.7 Å². The van der Waals surface area contributed by atoms with Gasteiger partial charge in [-0.2, -0.15) is 0 Å². The fourth-order valence-corrected chi connectivity index (χ4v) is 1.53. The van der Waals surface area contributed by atoms with Crippen LogP contribution < -0.4 is 0 Å². The molecule has 0 saturated carbocycles. The molecule has 74 valence electrons. The van der Waals surface area contributed by atoms with E-state index in [2.05, 4.69) is 40.9 Å². The van der Waals surface area contributed by atoms with E-state index in [0.29, 0.717) is 0 Å². The molecule has 0 saturated heterocycles. The van der Waals surface area contributed by atoms with Crippen LogP contribution in [0.2, 0.25) is 0 Å². The molecule has 0 spiro atoms. The quantitative estimate of drug-likeness (QED) is 0.805. The Morgan fingerprint density at radius 3 is 2.79 bits per heavy atom. The predicted molar refractivity (Wildman–Crippen MR) is 57.3 cm³/mol. The zero-order valence-electron chi connectivity index (χ0n) is 8.67. The van der Waals surface area contributed by atoms with E-state index in [9.17, 15) is 0 Å². The first-order valence-corrected chi connectivity index (χ1v) is 5.18. The molecule has 0 unspecified atom stereocenters. The van der Waals surface area contributed by atoms with Crippen molar-refractivity contribution >= 4 is 11.2 Å². The Hall–Kier alpha value is -1.38. The molecule has 0 aliphatic rings. The van der Waals surface area contributed by atoms with Crippen molar-refractivity contribution in [1.29, 1.82) is 0 Å². The predicted octanol–water partition coefficient (Wildman–Crippen LogP) is 2.47. The summed E-state index contributed by atoms with van der Waals surface area (Å²) >= 11 is 0. The molecule has 2 heterocycles. The summed E-state index contributed by atoms with van der Waals surface area (Å²) in [5.74, 6) is 1.04. The van der Waals surface area contributed by atoms with Gasteiger partial charge in [0.2, 0.25) is 0 Å². The molecule has 0 amide bonds. The Morgan fingerprint density at radius 1 is 1.21 bits per heavy atom. The first-order valence-electron chi connectivity index (χ1n) is 5.18. The summed E-state index contributed by atoms with van der Waals surface area (Å²) < 4.78 is 0. The van der Waals surface area contributed by atoms with Gasteiger partial charge in [-0.15, -0.1) is 0 Å². The van der Waals surface area contributed by atoms with Crippen molar-refractivity contribution in [1.82, 2.24) is 15.0 Å². The molecule has 3 heteroatoms. The van der Waals surface area contributed by atoms with Crippen molar-refractivity contribution in [3.8, 4) is 0 Å². The number of hydrogen-bond acceptors (Lipinski definition) is 2. The highest BCUT2D eigenvalue weighted by molar-refractivity contribution is 5.70. The van der Waals surface area contributed by atoms with E-state index in [4.69, 9.17) is 0 Å². The summed E-state index contributed by atoms with van der Waals surface area (Å²) in [5.41, 5.74) is 3.01. The van der Waals surface area contributed by atoms with Crippen molar-refractivity contribution in [2.45, 2.75) is 33.1 Å². The second kappa shape index (κ2) is 3.78. The Balaban J connectivity index is 2.43. The van der Waals surface area contributed by atoms with E-state index in [1.54, 1.807) is 0 Å². The summed E-state index contributed by atoms with van der Waals surface area (Å²) in [5, 5.41) is 0. The lowest BCUT2D eigenvalue weighted by Crippen LogP contribution is -1.86. The molecule has 0 radical (unpaired) electrons. The molecule has 0 aliphatic heterocycles. The van der Waals surface area contributed by atoms with Crippen LogP contribution in [0.5, 0.6) is 0 Å². The van der Waals surface area contributed by atoms with Crippen LogP contribution in [0.15, 0.2) is 12.1 Å². The van der Waals surface area contributed by atoms with E-state index in [0.717, 1.165) is 41.9 Å². The molecule has 0 bridgehead atoms. The number of aromatic amines is 1. The zero-order valence-corrected chi connectivity index (χ0v) is 8.67. The molecule has 2 aromatic heterocycles. The third-order valence-electron chi connectivity index (χ3n) is 2.30. The number of aryl methyl sites for hydroxylation is 2. The molecule has 2 aromatic rings. The first-order chi connectivity index (χ1) is 6.83. The van der Waals surface area contributed by atoms with Crippen LogP contribution in [0, 0.1) is 0 Å². The fraction of sp³-hybridized carbons (Fsp3) is 0.455.